The van der Waals surface area contributed by atoms with Gasteiger partial charge >= 0.3 is 0 Å². The van der Waals surface area contributed by atoms with Crippen molar-refractivity contribution >= 4 is 11.0 Å². The quantitative estimate of drug-likeness (QED) is 0.713. The number of furan rings is 1. The largest absolute Gasteiger partial charge is 0.472 e. The average Bonchev–Trinajstić information content (AvgIpc) is 3.02. The Morgan fingerprint density at radius 2 is 2.16 bits per heavy atom. The number of hydrogen-bond acceptors (Lipinski definition) is 3. The summed E-state index contributed by atoms with van der Waals surface area (Å²) in [5.41, 5.74) is 3.44. The summed E-state index contributed by atoms with van der Waals surface area (Å²) < 4.78 is 7.29. The van der Waals surface area contributed by atoms with Crippen LogP contribution in [0.2, 0.25) is 0 Å². The number of hydrogen-bond donors (Lipinski definition) is 1. The topological polar surface area (TPSA) is 43.0 Å². The normalized spacial score (nSPS) is 11.2. The van der Waals surface area contributed by atoms with Crippen LogP contribution < -0.4 is 5.32 Å². The zero-order valence-electron chi connectivity index (χ0n) is 11.0. The lowest BCUT2D eigenvalue weighted by molar-refractivity contribution is 0.556. The first-order valence-corrected chi connectivity index (χ1v) is 6.48. The Kier molecular flexibility index (Phi) is 3.33. The number of nitrogens with zero attached hydrogens (tertiary/aromatic N) is 2. The molecule has 0 fully saturated rings. The summed E-state index contributed by atoms with van der Waals surface area (Å²) in [6.45, 7) is 4.72. The molecule has 0 unspecified atom stereocenters. The number of nitrogens with one attached hydrogen (secondary N) is 1. The predicted molar refractivity (Wildman–Crippen MR) is 74.9 cm³/mol. The maximum atomic E-state index is 5.04. The van der Waals surface area contributed by atoms with Crippen LogP contribution in [0.15, 0.2) is 47.3 Å². The highest BCUT2D eigenvalue weighted by Crippen LogP contribution is 2.14. The Hall–Kier alpha value is -2.07. The lowest BCUT2D eigenvalue weighted by atomic mass is 10.3. The van der Waals surface area contributed by atoms with Gasteiger partial charge in [-0.1, -0.05) is 12.1 Å². The Labute approximate surface area is 112 Å². The van der Waals surface area contributed by atoms with Crippen molar-refractivity contribution in [3.8, 4) is 0 Å². The Morgan fingerprint density at radius 1 is 1.26 bits per heavy atom. The summed E-state index contributed by atoms with van der Waals surface area (Å²) in [6.07, 6.45) is 3.47. The van der Waals surface area contributed by atoms with Crippen molar-refractivity contribution in [3.63, 3.8) is 0 Å². The first kappa shape index (κ1) is 12.0. The van der Waals surface area contributed by atoms with Crippen LogP contribution in [-0.2, 0) is 13.1 Å². The van der Waals surface area contributed by atoms with Crippen molar-refractivity contribution in [1.82, 2.24) is 14.9 Å². The predicted octanol–water partition coefficient (Wildman–Crippen LogP) is 2.73. The van der Waals surface area contributed by atoms with E-state index in [1.807, 2.05) is 12.1 Å². The van der Waals surface area contributed by atoms with E-state index in [0.29, 0.717) is 0 Å². The van der Waals surface area contributed by atoms with E-state index >= 15 is 0 Å². The highest BCUT2D eigenvalue weighted by molar-refractivity contribution is 5.75. The number of fused-ring (bicyclic) bond motifs is 1. The third-order valence-corrected chi connectivity index (χ3v) is 3.27. The molecule has 0 radical (unpaired) electrons. The van der Waals surface area contributed by atoms with Crippen LogP contribution in [-0.4, -0.2) is 16.1 Å². The van der Waals surface area contributed by atoms with E-state index in [2.05, 4.69) is 40.0 Å². The Bertz CT molecular complexity index is 655. The maximum Gasteiger partial charge on any atom is 0.106 e. The van der Waals surface area contributed by atoms with E-state index in [1.54, 1.807) is 12.5 Å². The number of aromatic nitrogens is 2. The van der Waals surface area contributed by atoms with Gasteiger partial charge < -0.3 is 14.3 Å². The van der Waals surface area contributed by atoms with Gasteiger partial charge in [0.2, 0.25) is 0 Å². The lowest BCUT2D eigenvalue weighted by Gasteiger charge is -2.07. The monoisotopic (exact) mass is 255 g/mol. The number of imidazole rings is 1. The molecule has 0 saturated heterocycles. The van der Waals surface area contributed by atoms with Gasteiger partial charge in [-0.05, 0) is 25.1 Å². The fourth-order valence-electron chi connectivity index (χ4n) is 2.30. The molecule has 2 heterocycles. The lowest BCUT2D eigenvalue weighted by Crippen LogP contribution is -2.19. The van der Waals surface area contributed by atoms with Gasteiger partial charge in [0.15, 0.2) is 0 Å². The third-order valence-electron chi connectivity index (χ3n) is 3.27. The zero-order chi connectivity index (χ0) is 13.1. The fourth-order valence-corrected chi connectivity index (χ4v) is 2.30. The molecule has 0 amide bonds. The molecule has 0 spiro atoms. The summed E-state index contributed by atoms with van der Waals surface area (Å²) in [4.78, 5) is 4.56. The molecule has 19 heavy (non-hydrogen) atoms. The second-order valence-corrected chi connectivity index (χ2v) is 4.61. The summed E-state index contributed by atoms with van der Waals surface area (Å²) in [7, 11) is 0. The first-order valence-electron chi connectivity index (χ1n) is 6.48. The van der Waals surface area contributed by atoms with Gasteiger partial charge in [0.1, 0.15) is 5.82 Å². The van der Waals surface area contributed by atoms with Crippen molar-refractivity contribution in [2.45, 2.75) is 20.0 Å². The zero-order valence-corrected chi connectivity index (χ0v) is 11.0. The molecule has 0 bridgehead atoms. The van der Waals surface area contributed by atoms with Gasteiger partial charge in [0, 0.05) is 25.2 Å². The Morgan fingerprint density at radius 3 is 3.00 bits per heavy atom. The molecule has 1 aromatic carbocycles. The van der Waals surface area contributed by atoms with E-state index in [-0.39, 0.29) is 0 Å². The molecule has 0 aliphatic carbocycles. The summed E-state index contributed by atoms with van der Waals surface area (Å²) in [5, 5.41) is 3.41. The molecule has 1 N–H and O–H groups in total. The molecule has 0 atom stereocenters. The SMILES string of the molecule is Cc1nc2ccccc2n1CCNCc1ccoc1. The maximum absolute atomic E-state index is 5.04. The van der Waals surface area contributed by atoms with Gasteiger partial charge in [-0.15, -0.1) is 0 Å². The van der Waals surface area contributed by atoms with E-state index in [4.69, 9.17) is 4.42 Å². The van der Waals surface area contributed by atoms with Crippen LogP contribution in [0.1, 0.15) is 11.4 Å². The van der Waals surface area contributed by atoms with Gasteiger partial charge in [-0.2, -0.15) is 0 Å². The van der Waals surface area contributed by atoms with Crippen LogP contribution >= 0.6 is 0 Å². The van der Waals surface area contributed by atoms with Gasteiger partial charge in [-0.3, -0.25) is 0 Å². The van der Waals surface area contributed by atoms with Crippen molar-refractivity contribution in [1.29, 1.82) is 0 Å². The second-order valence-electron chi connectivity index (χ2n) is 4.61. The van der Waals surface area contributed by atoms with Crippen LogP contribution in [0.3, 0.4) is 0 Å². The van der Waals surface area contributed by atoms with E-state index in [1.165, 1.54) is 11.1 Å². The second kappa shape index (κ2) is 5.28. The fraction of sp³-hybridized carbons (Fsp3) is 0.267. The molecular weight excluding hydrogens is 238 g/mol. The minimum absolute atomic E-state index is 0.835. The van der Waals surface area contributed by atoms with Crippen molar-refractivity contribution in [2.24, 2.45) is 0 Å². The third kappa shape index (κ3) is 2.53. The van der Waals surface area contributed by atoms with Crippen molar-refractivity contribution in [2.75, 3.05) is 6.54 Å². The van der Waals surface area contributed by atoms with E-state index in [0.717, 1.165) is 31.0 Å². The molecule has 0 aliphatic heterocycles. The standard InChI is InChI=1S/C15H17N3O/c1-12-17-14-4-2-3-5-15(14)18(12)8-7-16-10-13-6-9-19-11-13/h2-6,9,11,16H,7-8,10H2,1H3. The molecule has 98 valence electrons. The number of benzene rings is 1. The van der Waals surface area contributed by atoms with Crippen LogP contribution in [0, 0.1) is 6.92 Å². The molecule has 4 heteroatoms. The minimum Gasteiger partial charge on any atom is -0.472 e. The molecule has 0 aliphatic rings. The molecule has 3 aromatic rings. The Balaban J connectivity index is 1.63. The van der Waals surface area contributed by atoms with Crippen molar-refractivity contribution < 1.29 is 4.42 Å². The summed E-state index contributed by atoms with van der Waals surface area (Å²) in [5.74, 6) is 1.06. The number of rotatable bonds is 5. The van der Waals surface area contributed by atoms with Gasteiger partial charge in [0.05, 0.1) is 23.6 Å². The highest BCUT2D eigenvalue weighted by Gasteiger charge is 2.05. The molecule has 3 rings (SSSR count). The van der Waals surface area contributed by atoms with Gasteiger partial charge in [-0.25, -0.2) is 4.98 Å². The molecule has 4 nitrogen and oxygen atoms in total. The minimum atomic E-state index is 0.835. The van der Waals surface area contributed by atoms with Gasteiger partial charge in [0.25, 0.3) is 0 Å². The van der Waals surface area contributed by atoms with E-state index in [9.17, 15) is 0 Å². The summed E-state index contributed by atoms with van der Waals surface area (Å²) >= 11 is 0. The van der Waals surface area contributed by atoms with Crippen molar-refractivity contribution in [3.05, 3.63) is 54.2 Å². The number of para-hydroxylation sites is 2. The number of aryl methyl sites for hydroxylation is 1. The molecule has 0 saturated carbocycles. The van der Waals surface area contributed by atoms with E-state index < -0.39 is 0 Å². The highest BCUT2D eigenvalue weighted by atomic mass is 16.3. The van der Waals surface area contributed by atoms with Crippen LogP contribution in [0.5, 0.6) is 0 Å². The summed E-state index contributed by atoms with van der Waals surface area (Å²) in [6, 6.07) is 10.2. The molecule has 2 aromatic heterocycles. The first-order chi connectivity index (χ1) is 9.34. The smallest absolute Gasteiger partial charge is 0.106 e. The molecular formula is C15H17N3O. The van der Waals surface area contributed by atoms with Crippen LogP contribution in [0.4, 0.5) is 0 Å². The van der Waals surface area contributed by atoms with Crippen LogP contribution in [0.25, 0.3) is 11.0 Å². The average molecular weight is 255 g/mol.